The van der Waals surface area contributed by atoms with Crippen LogP contribution in [0.25, 0.3) is 22.1 Å². The number of hydrogen-bond donors (Lipinski definition) is 0. The Morgan fingerprint density at radius 3 is 2.52 bits per heavy atom. The first-order valence-corrected chi connectivity index (χ1v) is 8.81. The fraction of sp³-hybridized carbons (Fsp3) is 0.0435. The third-order valence-electron chi connectivity index (χ3n) is 4.24. The van der Waals surface area contributed by atoms with Crippen molar-refractivity contribution < 1.29 is 23.1 Å². The Labute approximate surface area is 164 Å². The highest BCUT2D eigenvalue weighted by Crippen LogP contribution is 2.23. The van der Waals surface area contributed by atoms with Crippen molar-refractivity contribution >= 4 is 16.9 Å². The molecule has 3 aromatic carbocycles. The normalized spacial score (nSPS) is 10.7. The van der Waals surface area contributed by atoms with Gasteiger partial charge in [-0.3, -0.25) is 4.79 Å². The number of esters is 1. The van der Waals surface area contributed by atoms with Crippen LogP contribution >= 0.6 is 0 Å². The van der Waals surface area contributed by atoms with Gasteiger partial charge in [-0.25, -0.2) is 9.18 Å². The van der Waals surface area contributed by atoms with Gasteiger partial charge in [0.15, 0.2) is 23.6 Å². The van der Waals surface area contributed by atoms with E-state index in [0.29, 0.717) is 10.9 Å². The molecule has 0 atom stereocenters. The van der Waals surface area contributed by atoms with Gasteiger partial charge in [-0.1, -0.05) is 42.5 Å². The summed E-state index contributed by atoms with van der Waals surface area (Å²) < 4.78 is 29.4. The summed E-state index contributed by atoms with van der Waals surface area (Å²) in [4.78, 5) is 24.7. The van der Waals surface area contributed by atoms with E-state index in [1.807, 2.05) is 30.3 Å². The summed E-state index contributed by atoms with van der Waals surface area (Å²) in [7, 11) is 0. The summed E-state index contributed by atoms with van der Waals surface area (Å²) in [6.07, 6.45) is 1.38. The molecule has 0 radical (unpaired) electrons. The van der Waals surface area contributed by atoms with Gasteiger partial charge in [0.1, 0.15) is 17.6 Å². The number of benzene rings is 3. The number of carbonyl (C=O) groups excluding carboxylic acids is 1. The molecule has 0 spiro atoms. The third-order valence-corrected chi connectivity index (χ3v) is 4.24. The molecule has 0 saturated heterocycles. The molecule has 0 fully saturated rings. The standard InChI is InChI=1S/C23H15FO5/c24-19-8-4-5-9-20(19)28-14-22(25)29-16-10-11-17-21(12-16)27-13-18(23(17)26)15-6-2-1-3-7-15/h1-13H,14H2. The maximum Gasteiger partial charge on any atom is 0.349 e. The average molecular weight is 390 g/mol. The minimum absolute atomic E-state index is 0.0394. The highest BCUT2D eigenvalue weighted by Gasteiger charge is 2.12. The Morgan fingerprint density at radius 1 is 0.966 bits per heavy atom. The van der Waals surface area contributed by atoms with Crippen LogP contribution < -0.4 is 14.9 Å². The van der Waals surface area contributed by atoms with Crippen LogP contribution in [0.5, 0.6) is 11.5 Å². The predicted octanol–water partition coefficient (Wildman–Crippen LogP) is 4.58. The fourth-order valence-corrected chi connectivity index (χ4v) is 2.85. The van der Waals surface area contributed by atoms with Crippen molar-refractivity contribution in [1.82, 2.24) is 0 Å². The lowest BCUT2D eigenvalue weighted by Crippen LogP contribution is -2.18. The second-order valence-electron chi connectivity index (χ2n) is 6.20. The first-order valence-electron chi connectivity index (χ1n) is 8.81. The molecule has 0 N–H and O–H groups in total. The monoisotopic (exact) mass is 390 g/mol. The van der Waals surface area contributed by atoms with Crippen LogP contribution in [0.15, 0.2) is 88.3 Å². The summed E-state index contributed by atoms with van der Waals surface area (Å²) in [5.74, 6) is -1.13. The summed E-state index contributed by atoms with van der Waals surface area (Å²) in [5.41, 5.74) is 1.30. The zero-order valence-electron chi connectivity index (χ0n) is 15.1. The number of ether oxygens (including phenoxy) is 2. The minimum atomic E-state index is -0.712. The number of halogens is 1. The highest BCUT2D eigenvalue weighted by atomic mass is 19.1. The lowest BCUT2D eigenvalue weighted by atomic mass is 10.1. The summed E-state index contributed by atoms with van der Waals surface area (Å²) in [6, 6.07) is 19.4. The van der Waals surface area contributed by atoms with E-state index in [0.717, 1.165) is 5.56 Å². The first-order chi connectivity index (χ1) is 14.1. The van der Waals surface area contributed by atoms with Gasteiger partial charge < -0.3 is 13.9 Å². The molecular weight excluding hydrogens is 375 g/mol. The van der Waals surface area contributed by atoms with Crippen molar-refractivity contribution in [2.45, 2.75) is 0 Å². The maximum atomic E-state index is 13.5. The molecule has 0 saturated carbocycles. The molecule has 4 aromatic rings. The molecule has 0 bridgehead atoms. The van der Waals surface area contributed by atoms with Crippen LogP contribution in [0, 0.1) is 5.82 Å². The van der Waals surface area contributed by atoms with Crippen LogP contribution in [0.2, 0.25) is 0 Å². The topological polar surface area (TPSA) is 65.7 Å². The summed E-state index contributed by atoms with van der Waals surface area (Å²) in [6.45, 7) is -0.462. The van der Waals surface area contributed by atoms with E-state index in [-0.39, 0.29) is 22.5 Å². The Kier molecular flexibility index (Phi) is 5.07. The van der Waals surface area contributed by atoms with Crippen molar-refractivity contribution in [3.63, 3.8) is 0 Å². The SMILES string of the molecule is O=C(COc1ccccc1F)Oc1ccc2c(=O)c(-c3ccccc3)coc2c1. The molecule has 0 amide bonds. The zero-order chi connectivity index (χ0) is 20.2. The van der Waals surface area contributed by atoms with Gasteiger partial charge in [0, 0.05) is 6.07 Å². The number of rotatable bonds is 5. The number of fused-ring (bicyclic) bond motifs is 1. The number of carbonyl (C=O) groups is 1. The molecule has 0 aliphatic rings. The first kappa shape index (κ1) is 18.4. The predicted molar refractivity (Wildman–Crippen MR) is 105 cm³/mol. The Hall–Kier alpha value is -3.93. The van der Waals surface area contributed by atoms with Crippen molar-refractivity contribution in [3.05, 3.63) is 95.1 Å². The molecule has 0 unspecified atom stereocenters. The van der Waals surface area contributed by atoms with E-state index < -0.39 is 18.4 Å². The van der Waals surface area contributed by atoms with Gasteiger partial charge in [-0.2, -0.15) is 0 Å². The van der Waals surface area contributed by atoms with Gasteiger partial charge in [0.05, 0.1) is 10.9 Å². The Morgan fingerprint density at radius 2 is 1.72 bits per heavy atom. The van der Waals surface area contributed by atoms with Gasteiger partial charge in [0.25, 0.3) is 0 Å². The average Bonchev–Trinajstić information content (AvgIpc) is 2.74. The second kappa shape index (κ2) is 7.98. The molecule has 144 valence electrons. The Balaban J connectivity index is 1.51. The molecule has 0 aliphatic carbocycles. The third kappa shape index (κ3) is 4.01. The van der Waals surface area contributed by atoms with Crippen LogP contribution in [0.4, 0.5) is 4.39 Å². The van der Waals surface area contributed by atoms with E-state index >= 15 is 0 Å². The van der Waals surface area contributed by atoms with Crippen molar-refractivity contribution in [3.8, 4) is 22.6 Å². The van der Waals surface area contributed by atoms with E-state index in [2.05, 4.69) is 0 Å². The largest absolute Gasteiger partial charge is 0.479 e. The van der Waals surface area contributed by atoms with E-state index in [4.69, 9.17) is 13.9 Å². The molecule has 1 heterocycles. The molecule has 29 heavy (non-hydrogen) atoms. The quantitative estimate of drug-likeness (QED) is 0.369. The smallest absolute Gasteiger partial charge is 0.349 e. The fourth-order valence-electron chi connectivity index (χ4n) is 2.85. The lowest BCUT2D eigenvalue weighted by molar-refractivity contribution is -0.136. The summed E-state index contributed by atoms with van der Waals surface area (Å²) in [5, 5.41) is 0.369. The molecule has 5 nitrogen and oxygen atoms in total. The minimum Gasteiger partial charge on any atom is -0.479 e. The molecular formula is C23H15FO5. The lowest BCUT2D eigenvalue weighted by Gasteiger charge is -2.08. The van der Waals surface area contributed by atoms with Gasteiger partial charge in [0.2, 0.25) is 0 Å². The van der Waals surface area contributed by atoms with Gasteiger partial charge in [-0.15, -0.1) is 0 Å². The van der Waals surface area contributed by atoms with E-state index in [1.165, 1.54) is 42.7 Å². The van der Waals surface area contributed by atoms with Gasteiger partial charge >= 0.3 is 5.97 Å². The van der Waals surface area contributed by atoms with Crippen molar-refractivity contribution in [2.75, 3.05) is 6.61 Å². The van der Waals surface area contributed by atoms with E-state index in [9.17, 15) is 14.0 Å². The maximum absolute atomic E-state index is 13.5. The van der Waals surface area contributed by atoms with E-state index in [1.54, 1.807) is 6.07 Å². The van der Waals surface area contributed by atoms with Crippen molar-refractivity contribution in [1.29, 1.82) is 0 Å². The summed E-state index contributed by atoms with van der Waals surface area (Å²) >= 11 is 0. The van der Waals surface area contributed by atoms with Crippen molar-refractivity contribution in [2.24, 2.45) is 0 Å². The van der Waals surface area contributed by atoms with Crippen LogP contribution in [0.3, 0.4) is 0 Å². The van der Waals surface area contributed by atoms with Gasteiger partial charge in [-0.05, 0) is 29.8 Å². The number of para-hydroxylation sites is 1. The second-order valence-corrected chi connectivity index (χ2v) is 6.20. The molecule has 0 aliphatic heterocycles. The molecule has 4 rings (SSSR count). The van der Waals surface area contributed by atoms with Crippen LogP contribution in [0.1, 0.15) is 0 Å². The van der Waals surface area contributed by atoms with Crippen LogP contribution in [-0.4, -0.2) is 12.6 Å². The number of hydrogen-bond acceptors (Lipinski definition) is 5. The molecule has 1 aromatic heterocycles. The molecule has 6 heteroatoms. The highest BCUT2D eigenvalue weighted by molar-refractivity contribution is 5.83. The Bertz CT molecular complexity index is 1230. The zero-order valence-corrected chi connectivity index (χ0v) is 15.1. The van der Waals surface area contributed by atoms with Crippen LogP contribution in [-0.2, 0) is 4.79 Å².